The lowest BCUT2D eigenvalue weighted by atomic mass is 10.2. The first-order valence-corrected chi connectivity index (χ1v) is 6.60. The Morgan fingerprint density at radius 2 is 1.68 bits per heavy atom. The fourth-order valence-corrected chi connectivity index (χ4v) is 1.26. The molecule has 0 aromatic rings. The van der Waals surface area contributed by atoms with Crippen LogP contribution in [0.5, 0.6) is 0 Å². The van der Waals surface area contributed by atoms with Crippen molar-refractivity contribution in [2.24, 2.45) is 5.92 Å². The molecule has 0 radical (unpaired) electrons. The minimum atomic E-state index is -0.373. The Morgan fingerprint density at radius 3 is 2.11 bits per heavy atom. The van der Waals surface area contributed by atoms with E-state index in [-0.39, 0.29) is 17.9 Å². The van der Waals surface area contributed by atoms with Crippen LogP contribution in [-0.4, -0.2) is 49.7 Å². The van der Waals surface area contributed by atoms with Gasteiger partial charge in [0, 0.05) is 18.7 Å². The summed E-state index contributed by atoms with van der Waals surface area (Å²) >= 11 is 0. The SMILES string of the molecule is C=C(C)C(=O)OCCN(CC)CCOC(=O)C(C)C. The molecule has 0 atom stereocenters. The van der Waals surface area contributed by atoms with Crippen molar-refractivity contribution in [2.75, 3.05) is 32.8 Å². The number of carbonyl (C=O) groups is 2. The quantitative estimate of drug-likeness (QED) is 0.471. The lowest BCUT2D eigenvalue weighted by Crippen LogP contribution is -2.32. The third-order valence-electron chi connectivity index (χ3n) is 2.56. The first-order valence-electron chi connectivity index (χ1n) is 6.60. The van der Waals surface area contributed by atoms with E-state index < -0.39 is 0 Å². The zero-order valence-corrected chi connectivity index (χ0v) is 12.4. The first kappa shape index (κ1) is 17.6. The number of nitrogens with zero attached hydrogens (tertiary/aromatic N) is 1. The molecule has 0 aliphatic rings. The topological polar surface area (TPSA) is 55.8 Å². The van der Waals surface area contributed by atoms with Gasteiger partial charge in [0.05, 0.1) is 5.92 Å². The number of rotatable bonds is 9. The Morgan fingerprint density at radius 1 is 1.16 bits per heavy atom. The number of hydrogen-bond acceptors (Lipinski definition) is 5. The highest BCUT2D eigenvalue weighted by molar-refractivity contribution is 5.86. The number of ether oxygens (including phenoxy) is 2. The monoisotopic (exact) mass is 271 g/mol. The highest BCUT2D eigenvalue weighted by atomic mass is 16.5. The van der Waals surface area contributed by atoms with E-state index in [0.717, 1.165) is 6.54 Å². The second-order valence-corrected chi connectivity index (χ2v) is 4.67. The summed E-state index contributed by atoms with van der Waals surface area (Å²) in [5.74, 6) is -0.668. The highest BCUT2D eigenvalue weighted by Crippen LogP contribution is 1.97. The maximum Gasteiger partial charge on any atom is 0.333 e. The third-order valence-corrected chi connectivity index (χ3v) is 2.56. The Hall–Kier alpha value is -1.36. The zero-order valence-electron chi connectivity index (χ0n) is 12.4. The molecule has 0 aromatic carbocycles. The van der Waals surface area contributed by atoms with Crippen molar-refractivity contribution >= 4 is 11.9 Å². The second kappa shape index (κ2) is 9.55. The summed E-state index contributed by atoms with van der Waals surface area (Å²) in [5.41, 5.74) is 0.397. The van der Waals surface area contributed by atoms with Gasteiger partial charge in [-0.3, -0.25) is 9.69 Å². The lowest BCUT2D eigenvalue weighted by molar-refractivity contribution is -0.147. The first-order chi connectivity index (χ1) is 8.88. The standard InChI is InChI=1S/C14H25NO4/c1-6-15(7-9-18-13(16)11(2)3)8-10-19-14(17)12(4)5/h12H,2,6-10H2,1,3-5H3. The van der Waals surface area contributed by atoms with Gasteiger partial charge in [0.2, 0.25) is 0 Å². The molecule has 0 spiro atoms. The van der Waals surface area contributed by atoms with Gasteiger partial charge in [0.25, 0.3) is 0 Å². The summed E-state index contributed by atoms with van der Waals surface area (Å²) in [7, 11) is 0. The van der Waals surface area contributed by atoms with Crippen molar-refractivity contribution in [3.8, 4) is 0 Å². The van der Waals surface area contributed by atoms with Gasteiger partial charge in [-0.15, -0.1) is 0 Å². The molecule has 0 bridgehead atoms. The molecule has 110 valence electrons. The zero-order chi connectivity index (χ0) is 14.8. The van der Waals surface area contributed by atoms with Crippen LogP contribution < -0.4 is 0 Å². The van der Waals surface area contributed by atoms with E-state index in [4.69, 9.17) is 9.47 Å². The lowest BCUT2D eigenvalue weighted by Gasteiger charge is -2.20. The largest absolute Gasteiger partial charge is 0.464 e. The molecule has 0 N–H and O–H groups in total. The van der Waals surface area contributed by atoms with Crippen LogP contribution in [0.2, 0.25) is 0 Å². The number of hydrogen-bond donors (Lipinski definition) is 0. The average Bonchev–Trinajstić information content (AvgIpc) is 2.35. The van der Waals surface area contributed by atoms with E-state index in [1.165, 1.54) is 0 Å². The summed E-state index contributed by atoms with van der Waals surface area (Å²) in [6.45, 7) is 13.5. The van der Waals surface area contributed by atoms with Gasteiger partial charge < -0.3 is 9.47 Å². The van der Waals surface area contributed by atoms with E-state index in [2.05, 4.69) is 11.5 Å². The Kier molecular flexibility index (Phi) is 8.87. The van der Waals surface area contributed by atoms with Crippen LogP contribution in [0.4, 0.5) is 0 Å². The van der Waals surface area contributed by atoms with Gasteiger partial charge in [-0.25, -0.2) is 4.79 Å². The van der Waals surface area contributed by atoms with Crippen LogP contribution in [0.15, 0.2) is 12.2 Å². The molecule has 0 aliphatic carbocycles. The number of likely N-dealkylation sites (N-methyl/N-ethyl adjacent to an activating group) is 1. The van der Waals surface area contributed by atoms with Crippen LogP contribution in [0.3, 0.4) is 0 Å². The second-order valence-electron chi connectivity index (χ2n) is 4.67. The van der Waals surface area contributed by atoms with Crippen molar-refractivity contribution in [3.63, 3.8) is 0 Å². The van der Waals surface area contributed by atoms with E-state index in [9.17, 15) is 9.59 Å². The molecule has 0 heterocycles. The molecule has 0 unspecified atom stereocenters. The molecular weight excluding hydrogens is 246 g/mol. The van der Waals surface area contributed by atoms with E-state index in [0.29, 0.717) is 31.9 Å². The van der Waals surface area contributed by atoms with Crippen molar-refractivity contribution in [1.82, 2.24) is 4.90 Å². The predicted octanol–water partition coefficient (Wildman–Crippen LogP) is 1.63. The fourth-order valence-electron chi connectivity index (χ4n) is 1.26. The van der Waals surface area contributed by atoms with E-state index in [1.54, 1.807) is 20.8 Å². The summed E-state index contributed by atoms with van der Waals surface area (Å²) in [6, 6.07) is 0. The van der Waals surface area contributed by atoms with Crippen LogP contribution in [0.25, 0.3) is 0 Å². The normalized spacial score (nSPS) is 10.6. The average molecular weight is 271 g/mol. The molecule has 5 nitrogen and oxygen atoms in total. The Balaban J connectivity index is 3.80. The number of carbonyl (C=O) groups excluding carboxylic acids is 2. The van der Waals surface area contributed by atoms with Gasteiger partial charge in [-0.05, 0) is 13.5 Å². The van der Waals surface area contributed by atoms with Gasteiger partial charge in [-0.1, -0.05) is 27.4 Å². The van der Waals surface area contributed by atoms with Gasteiger partial charge in [0.15, 0.2) is 0 Å². The molecule has 0 fully saturated rings. The molecule has 19 heavy (non-hydrogen) atoms. The van der Waals surface area contributed by atoms with Crippen molar-refractivity contribution < 1.29 is 19.1 Å². The van der Waals surface area contributed by atoms with Crippen molar-refractivity contribution in [3.05, 3.63) is 12.2 Å². The molecule has 0 saturated heterocycles. The third kappa shape index (κ3) is 8.37. The summed E-state index contributed by atoms with van der Waals surface area (Å²) in [4.78, 5) is 24.5. The Bertz CT molecular complexity index is 313. The molecule has 0 aliphatic heterocycles. The van der Waals surface area contributed by atoms with Crippen molar-refractivity contribution in [2.45, 2.75) is 27.7 Å². The van der Waals surface area contributed by atoms with Crippen LogP contribution >= 0.6 is 0 Å². The van der Waals surface area contributed by atoms with Crippen LogP contribution in [-0.2, 0) is 19.1 Å². The smallest absolute Gasteiger partial charge is 0.333 e. The summed E-state index contributed by atoms with van der Waals surface area (Å²) < 4.78 is 10.1. The Labute approximate surface area is 115 Å². The summed E-state index contributed by atoms with van der Waals surface area (Å²) in [5, 5.41) is 0. The molecule has 0 amide bonds. The maximum atomic E-state index is 11.3. The molecule has 5 heteroatoms. The summed E-state index contributed by atoms with van der Waals surface area (Å²) in [6.07, 6.45) is 0. The van der Waals surface area contributed by atoms with Gasteiger partial charge in [-0.2, -0.15) is 0 Å². The minimum Gasteiger partial charge on any atom is -0.464 e. The van der Waals surface area contributed by atoms with Crippen LogP contribution in [0.1, 0.15) is 27.7 Å². The minimum absolute atomic E-state index is 0.105. The fraction of sp³-hybridized carbons (Fsp3) is 0.714. The maximum absolute atomic E-state index is 11.3. The van der Waals surface area contributed by atoms with Crippen LogP contribution in [0, 0.1) is 5.92 Å². The van der Waals surface area contributed by atoms with Gasteiger partial charge in [0.1, 0.15) is 13.2 Å². The molecule has 0 saturated carbocycles. The molecular formula is C14H25NO4. The van der Waals surface area contributed by atoms with Gasteiger partial charge >= 0.3 is 11.9 Å². The number of esters is 2. The molecule has 0 rings (SSSR count). The predicted molar refractivity (Wildman–Crippen MR) is 73.7 cm³/mol. The van der Waals surface area contributed by atoms with E-state index >= 15 is 0 Å². The molecule has 0 aromatic heterocycles. The highest BCUT2D eigenvalue weighted by Gasteiger charge is 2.10. The van der Waals surface area contributed by atoms with E-state index in [1.807, 2.05) is 6.92 Å². The van der Waals surface area contributed by atoms with Crippen molar-refractivity contribution in [1.29, 1.82) is 0 Å².